The lowest BCUT2D eigenvalue weighted by molar-refractivity contribution is 0.460. The number of hydrogen-bond acceptors (Lipinski definition) is 2. The molecule has 3 heteroatoms. The monoisotopic (exact) mass is 242 g/mol. The summed E-state index contributed by atoms with van der Waals surface area (Å²) in [6.07, 6.45) is 2.36. The molecule has 1 saturated heterocycles. The minimum absolute atomic E-state index is 0.0116. The van der Waals surface area contributed by atoms with Crippen molar-refractivity contribution in [1.82, 2.24) is 10.3 Å². The van der Waals surface area contributed by atoms with E-state index in [0.29, 0.717) is 5.92 Å². The first-order valence-corrected chi connectivity index (χ1v) is 6.58. The third kappa shape index (κ3) is 2.06. The Morgan fingerprint density at radius 3 is 2.72 bits per heavy atom. The van der Waals surface area contributed by atoms with Crippen LogP contribution >= 0.6 is 0 Å². The van der Waals surface area contributed by atoms with Gasteiger partial charge in [-0.25, -0.2) is 0 Å². The molecule has 2 heterocycles. The summed E-state index contributed by atoms with van der Waals surface area (Å²) in [5.41, 5.74) is 3.36. The van der Waals surface area contributed by atoms with Crippen molar-refractivity contribution in [1.29, 1.82) is 0 Å². The molecule has 1 aromatic carbocycles. The SMILES string of the molecule is Cc1cc(=O)[nH]c2cc(C3CCNCC3)ccc12. The van der Waals surface area contributed by atoms with Crippen LogP contribution in [-0.4, -0.2) is 18.1 Å². The second kappa shape index (κ2) is 4.58. The van der Waals surface area contributed by atoms with Crippen LogP contribution in [0.3, 0.4) is 0 Å². The molecule has 0 spiro atoms. The Balaban J connectivity index is 2.07. The molecule has 1 fully saturated rings. The van der Waals surface area contributed by atoms with Crippen molar-refractivity contribution in [2.24, 2.45) is 0 Å². The number of H-pyrrole nitrogens is 1. The fourth-order valence-corrected chi connectivity index (χ4v) is 2.86. The molecule has 1 aromatic heterocycles. The van der Waals surface area contributed by atoms with Crippen molar-refractivity contribution in [3.05, 3.63) is 45.7 Å². The van der Waals surface area contributed by atoms with E-state index in [-0.39, 0.29) is 5.56 Å². The largest absolute Gasteiger partial charge is 0.322 e. The van der Waals surface area contributed by atoms with Crippen molar-refractivity contribution in [2.45, 2.75) is 25.7 Å². The Bertz CT molecular complexity index is 624. The van der Waals surface area contributed by atoms with Gasteiger partial charge in [0, 0.05) is 17.0 Å². The van der Waals surface area contributed by atoms with Crippen LogP contribution in [0.4, 0.5) is 0 Å². The van der Waals surface area contributed by atoms with E-state index < -0.39 is 0 Å². The summed E-state index contributed by atoms with van der Waals surface area (Å²) >= 11 is 0. The molecule has 0 atom stereocenters. The molecule has 1 aliphatic heterocycles. The molecule has 0 amide bonds. The van der Waals surface area contributed by atoms with Gasteiger partial charge in [0.2, 0.25) is 5.56 Å². The number of benzene rings is 1. The highest BCUT2D eigenvalue weighted by molar-refractivity contribution is 5.82. The first-order chi connectivity index (χ1) is 8.74. The highest BCUT2D eigenvalue weighted by Gasteiger charge is 2.15. The molecule has 2 aromatic rings. The molecule has 18 heavy (non-hydrogen) atoms. The van der Waals surface area contributed by atoms with Gasteiger partial charge in [-0.1, -0.05) is 12.1 Å². The highest BCUT2D eigenvalue weighted by atomic mass is 16.1. The van der Waals surface area contributed by atoms with Crippen LogP contribution in [0.15, 0.2) is 29.1 Å². The van der Waals surface area contributed by atoms with Crippen molar-refractivity contribution < 1.29 is 0 Å². The predicted octanol–water partition coefficient (Wildman–Crippen LogP) is 2.30. The first kappa shape index (κ1) is 11.5. The topological polar surface area (TPSA) is 44.9 Å². The number of nitrogens with one attached hydrogen (secondary N) is 2. The fourth-order valence-electron chi connectivity index (χ4n) is 2.86. The van der Waals surface area contributed by atoms with Gasteiger partial charge < -0.3 is 10.3 Å². The summed E-state index contributed by atoms with van der Waals surface area (Å²) in [5.74, 6) is 0.625. The Morgan fingerprint density at radius 1 is 1.17 bits per heavy atom. The van der Waals surface area contributed by atoms with Crippen LogP contribution in [-0.2, 0) is 0 Å². The van der Waals surface area contributed by atoms with E-state index in [0.717, 1.165) is 29.6 Å². The molecule has 3 nitrogen and oxygen atoms in total. The normalized spacial score (nSPS) is 17.2. The summed E-state index contributed by atoms with van der Waals surface area (Å²) in [6, 6.07) is 8.16. The van der Waals surface area contributed by atoms with Gasteiger partial charge in [0.05, 0.1) is 0 Å². The molecular formula is C15H18N2O. The number of aromatic nitrogens is 1. The number of aromatic amines is 1. The van der Waals surface area contributed by atoms with E-state index in [1.807, 2.05) is 6.92 Å². The van der Waals surface area contributed by atoms with Crippen LogP contribution in [0.25, 0.3) is 10.9 Å². The van der Waals surface area contributed by atoms with Gasteiger partial charge in [-0.15, -0.1) is 0 Å². The van der Waals surface area contributed by atoms with Crippen molar-refractivity contribution in [3.8, 4) is 0 Å². The van der Waals surface area contributed by atoms with E-state index in [2.05, 4.69) is 28.5 Å². The average Bonchev–Trinajstić information content (AvgIpc) is 2.39. The summed E-state index contributed by atoms with van der Waals surface area (Å²) < 4.78 is 0. The lowest BCUT2D eigenvalue weighted by Crippen LogP contribution is -2.26. The maximum absolute atomic E-state index is 11.5. The quantitative estimate of drug-likeness (QED) is 0.806. The van der Waals surface area contributed by atoms with E-state index in [4.69, 9.17) is 0 Å². The zero-order chi connectivity index (χ0) is 12.5. The van der Waals surface area contributed by atoms with Crippen LogP contribution < -0.4 is 10.9 Å². The third-order valence-electron chi connectivity index (χ3n) is 3.88. The van der Waals surface area contributed by atoms with Gasteiger partial charge >= 0.3 is 0 Å². The lowest BCUT2D eigenvalue weighted by atomic mass is 9.89. The molecule has 0 bridgehead atoms. The Labute approximate surface area is 106 Å². The molecular weight excluding hydrogens is 224 g/mol. The van der Waals surface area contributed by atoms with Gasteiger partial charge in [0.15, 0.2) is 0 Å². The number of hydrogen-bond donors (Lipinski definition) is 2. The van der Waals surface area contributed by atoms with Crippen molar-refractivity contribution in [2.75, 3.05) is 13.1 Å². The van der Waals surface area contributed by atoms with Gasteiger partial charge in [-0.05, 0) is 56.0 Å². The average molecular weight is 242 g/mol. The van der Waals surface area contributed by atoms with E-state index in [9.17, 15) is 4.79 Å². The van der Waals surface area contributed by atoms with Gasteiger partial charge in [0.25, 0.3) is 0 Å². The Hall–Kier alpha value is -1.61. The van der Waals surface area contributed by atoms with E-state index in [1.165, 1.54) is 18.4 Å². The summed E-state index contributed by atoms with van der Waals surface area (Å²) in [5, 5.41) is 4.53. The number of fused-ring (bicyclic) bond motifs is 1. The van der Waals surface area contributed by atoms with Crippen molar-refractivity contribution >= 4 is 10.9 Å². The maximum atomic E-state index is 11.5. The van der Waals surface area contributed by atoms with Crippen molar-refractivity contribution in [3.63, 3.8) is 0 Å². The standard InChI is InChI=1S/C15H18N2O/c1-10-8-15(18)17-14-9-12(2-3-13(10)14)11-4-6-16-7-5-11/h2-3,8-9,11,16H,4-7H2,1H3,(H,17,18). The molecule has 0 aliphatic carbocycles. The Kier molecular flexibility index (Phi) is 2.92. The lowest BCUT2D eigenvalue weighted by Gasteiger charge is -2.23. The predicted molar refractivity (Wildman–Crippen MR) is 74.2 cm³/mol. The summed E-state index contributed by atoms with van der Waals surface area (Å²) in [4.78, 5) is 14.5. The van der Waals surface area contributed by atoms with Crippen LogP contribution in [0.5, 0.6) is 0 Å². The van der Waals surface area contributed by atoms with Crippen LogP contribution in [0, 0.1) is 6.92 Å². The molecule has 0 unspecified atom stereocenters. The summed E-state index contributed by atoms with van der Waals surface area (Å²) in [6.45, 7) is 4.17. The molecule has 1 aliphatic rings. The van der Waals surface area contributed by atoms with Gasteiger partial charge in [-0.3, -0.25) is 4.79 Å². The number of piperidine rings is 1. The van der Waals surface area contributed by atoms with Gasteiger partial charge in [0.1, 0.15) is 0 Å². The maximum Gasteiger partial charge on any atom is 0.248 e. The van der Waals surface area contributed by atoms with E-state index in [1.54, 1.807) is 6.07 Å². The summed E-state index contributed by atoms with van der Waals surface area (Å²) in [7, 11) is 0. The zero-order valence-corrected chi connectivity index (χ0v) is 10.6. The number of rotatable bonds is 1. The minimum atomic E-state index is -0.0116. The smallest absolute Gasteiger partial charge is 0.248 e. The third-order valence-corrected chi connectivity index (χ3v) is 3.88. The molecule has 94 valence electrons. The van der Waals surface area contributed by atoms with Crippen LogP contribution in [0.2, 0.25) is 0 Å². The fraction of sp³-hybridized carbons (Fsp3) is 0.400. The van der Waals surface area contributed by atoms with Crippen LogP contribution in [0.1, 0.15) is 29.9 Å². The second-order valence-electron chi connectivity index (χ2n) is 5.15. The number of pyridine rings is 1. The number of aryl methyl sites for hydroxylation is 1. The highest BCUT2D eigenvalue weighted by Crippen LogP contribution is 2.27. The molecule has 0 radical (unpaired) electrons. The molecule has 2 N–H and O–H groups in total. The second-order valence-corrected chi connectivity index (χ2v) is 5.15. The first-order valence-electron chi connectivity index (χ1n) is 6.58. The Morgan fingerprint density at radius 2 is 1.94 bits per heavy atom. The molecule has 0 saturated carbocycles. The van der Waals surface area contributed by atoms with E-state index >= 15 is 0 Å². The van der Waals surface area contributed by atoms with Gasteiger partial charge in [-0.2, -0.15) is 0 Å². The zero-order valence-electron chi connectivity index (χ0n) is 10.6. The minimum Gasteiger partial charge on any atom is -0.322 e. The molecule has 3 rings (SSSR count).